The summed E-state index contributed by atoms with van der Waals surface area (Å²) in [7, 11) is 0. The van der Waals surface area contributed by atoms with E-state index in [1.54, 1.807) is 6.20 Å². The smallest absolute Gasteiger partial charge is 0.125 e. The van der Waals surface area contributed by atoms with E-state index in [1.165, 1.54) is 0 Å². The van der Waals surface area contributed by atoms with Crippen molar-refractivity contribution in [2.24, 2.45) is 5.92 Å². The number of rotatable bonds is 6. The summed E-state index contributed by atoms with van der Waals surface area (Å²) in [5, 5.41) is 14.0. The van der Waals surface area contributed by atoms with E-state index in [0.29, 0.717) is 11.6 Å². The summed E-state index contributed by atoms with van der Waals surface area (Å²) in [6.07, 6.45) is 4.56. The maximum atomic E-state index is 9.69. The molecule has 128 valence electrons. The number of benzene rings is 1. The number of fused-ring (bicyclic) bond motifs is 1. The first-order valence-corrected chi connectivity index (χ1v) is 8.80. The minimum absolute atomic E-state index is 0.139. The number of nitrogens with zero attached hydrogens (tertiary/aromatic N) is 1. The van der Waals surface area contributed by atoms with Crippen LogP contribution in [0.25, 0.3) is 0 Å². The third-order valence-electron chi connectivity index (χ3n) is 4.38. The zero-order valence-corrected chi connectivity index (χ0v) is 14.4. The van der Waals surface area contributed by atoms with Gasteiger partial charge in [0.15, 0.2) is 0 Å². The first-order valence-electron chi connectivity index (χ1n) is 8.42. The summed E-state index contributed by atoms with van der Waals surface area (Å²) < 4.78 is 5.80. The maximum absolute atomic E-state index is 9.69. The molecule has 1 aromatic carbocycles. The molecule has 2 atom stereocenters. The van der Waals surface area contributed by atoms with Gasteiger partial charge < -0.3 is 15.2 Å². The average molecular weight is 347 g/mol. The normalized spacial score (nSPS) is 18.3. The molecule has 4 nitrogen and oxygen atoms in total. The molecule has 0 spiro atoms. The fourth-order valence-electron chi connectivity index (χ4n) is 3.08. The Hall–Kier alpha value is -1.62. The standard InChI is InChI=1S/C19H23ClN2O2/c20-15-6-7-17-18(5-3-9-24-19(17)11-15)22-12-14(13-23)10-16-4-1-2-8-21-16/h1-2,4,6-8,11,14,18,22-23H,3,5,9-10,12-13H2. The number of aliphatic hydroxyl groups excluding tert-OH is 1. The SMILES string of the molecule is OCC(CNC1CCCOc2cc(Cl)ccc21)Cc1ccccn1. The quantitative estimate of drug-likeness (QED) is 0.841. The average Bonchev–Trinajstić information content (AvgIpc) is 2.81. The Balaban J connectivity index is 1.65. The van der Waals surface area contributed by atoms with E-state index in [1.807, 2.05) is 36.4 Å². The molecule has 2 aromatic rings. The molecule has 0 amide bonds. The van der Waals surface area contributed by atoms with Crippen molar-refractivity contribution >= 4 is 11.6 Å². The number of pyridine rings is 1. The van der Waals surface area contributed by atoms with Gasteiger partial charge in [0.05, 0.1) is 6.61 Å². The lowest BCUT2D eigenvalue weighted by atomic mass is 9.99. The van der Waals surface area contributed by atoms with Crippen molar-refractivity contribution < 1.29 is 9.84 Å². The largest absolute Gasteiger partial charge is 0.493 e. The van der Waals surface area contributed by atoms with E-state index < -0.39 is 0 Å². The van der Waals surface area contributed by atoms with Gasteiger partial charge in [0, 0.05) is 41.7 Å². The second-order valence-corrected chi connectivity index (χ2v) is 6.64. The molecule has 0 bridgehead atoms. The van der Waals surface area contributed by atoms with E-state index in [4.69, 9.17) is 16.3 Å². The van der Waals surface area contributed by atoms with Crippen molar-refractivity contribution in [3.8, 4) is 5.75 Å². The molecule has 1 aromatic heterocycles. The Morgan fingerprint density at radius 3 is 3.04 bits per heavy atom. The molecule has 0 aliphatic carbocycles. The van der Waals surface area contributed by atoms with Crippen molar-refractivity contribution in [2.45, 2.75) is 25.3 Å². The molecule has 24 heavy (non-hydrogen) atoms. The number of nitrogens with one attached hydrogen (secondary N) is 1. The van der Waals surface area contributed by atoms with Gasteiger partial charge in [0.2, 0.25) is 0 Å². The molecule has 2 N–H and O–H groups in total. The molecule has 5 heteroatoms. The Bertz CT molecular complexity index is 651. The Morgan fingerprint density at radius 2 is 2.25 bits per heavy atom. The number of aromatic nitrogens is 1. The molecular weight excluding hydrogens is 324 g/mol. The summed E-state index contributed by atoms with van der Waals surface area (Å²) in [6, 6.07) is 11.9. The minimum atomic E-state index is 0.139. The summed E-state index contributed by atoms with van der Waals surface area (Å²) >= 11 is 6.08. The monoisotopic (exact) mass is 346 g/mol. The van der Waals surface area contributed by atoms with Gasteiger partial charge in [-0.2, -0.15) is 0 Å². The Labute approximate surface area is 147 Å². The number of hydrogen-bond acceptors (Lipinski definition) is 4. The maximum Gasteiger partial charge on any atom is 0.125 e. The predicted octanol–water partition coefficient (Wildman–Crippen LogP) is 3.39. The number of halogens is 1. The van der Waals surface area contributed by atoms with E-state index in [9.17, 15) is 5.11 Å². The lowest BCUT2D eigenvalue weighted by molar-refractivity contribution is 0.216. The van der Waals surface area contributed by atoms with Crippen LogP contribution in [0.2, 0.25) is 5.02 Å². The summed E-state index contributed by atoms with van der Waals surface area (Å²) in [6.45, 7) is 1.59. The fraction of sp³-hybridized carbons (Fsp3) is 0.421. The zero-order chi connectivity index (χ0) is 16.8. The molecule has 0 saturated carbocycles. The van der Waals surface area contributed by atoms with E-state index in [-0.39, 0.29) is 18.6 Å². The zero-order valence-electron chi connectivity index (χ0n) is 13.6. The van der Waals surface area contributed by atoms with Gasteiger partial charge in [-0.3, -0.25) is 4.98 Å². The summed E-state index contributed by atoms with van der Waals surface area (Å²) in [5.41, 5.74) is 2.15. The van der Waals surface area contributed by atoms with Gasteiger partial charge >= 0.3 is 0 Å². The van der Waals surface area contributed by atoms with Crippen LogP contribution in [0.5, 0.6) is 5.75 Å². The number of aliphatic hydroxyl groups is 1. The lowest BCUT2D eigenvalue weighted by Crippen LogP contribution is -2.30. The van der Waals surface area contributed by atoms with E-state index in [2.05, 4.69) is 10.3 Å². The van der Waals surface area contributed by atoms with Crippen molar-refractivity contribution in [3.63, 3.8) is 0 Å². The first kappa shape index (κ1) is 17.2. The Kier molecular flexibility index (Phi) is 6.07. The molecule has 2 heterocycles. The second-order valence-electron chi connectivity index (χ2n) is 6.21. The molecular formula is C19H23ClN2O2. The lowest BCUT2D eigenvalue weighted by Gasteiger charge is -2.22. The second kappa shape index (κ2) is 8.47. The fourth-order valence-corrected chi connectivity index (χ4v) is 3.25. The molecule has 1 aliphatic rings. The third-order valence-corrected chi connectivity index (χ3v) is 4.62. The third kappa shape index (κ3) is 4.47. The van der Waals surface area contributed by atoms with Crippen LogP contribution in [0.15, 0.2) is 42.6 Å². The van der Waals surface area contributed by atoms with Crippen LogP contribution in [0.4, 0.5) is 0 Å². The Morgan fingerprint density at radius 1 is 1.33 bits per heavy atom. The van der Waals surface area contributed by atoms with Crippen LogP contribution in [0.3, 0.4) is 0 Å². The summed E-state index contributed by atoms with van der Waals surface area (Å²) in [5.74, 6) is 1.00. The van der Waals surface area contributed by atoms with Gasteiger partial charge in [0.1, 0.15) is 5.75 Å². The minimum Gasteiger partial charge on any atom is -0.493 e. The highest BCUT2D eigenvalue weighted by atomic mass is 35.5. The van der Waals surface area contributed by atoms with Crippen molar-refractivity contribution in [1.29, 1.82) is 0 Å². The molecule has 1 aliphatic heterocycles. The van der Waals surface area contributed by atoms with Gasteiger partial charge in [-0.25, -0.2) is 0 Å². The number of ether oxygens (including phenoxy) is 1. The molecule has 3 rings (SSSR count). The topological polar surface area (TPSA) is 54.4 Å². The first-order chi connectivity index (χ1) is 11.8. The molecule has 2 unspecified atom stereocenters. The molecule has 0 saturated heterocycles. The predicted molar refractivity (Wildman–Crippen MR) is 95.4 cm³/mol. The highest BCUT2D eigenvalue weighted by Gasteiger charge is 2.21. The van der Waals surface area contributed by atoms with E-state index in [0.717, 1.165) is 42.8 Å². The van der Waals surface area contributed by atoms with Crippen molar-refractivity contribution in [1.82, 2.24) is 10.3 Å². The molecule has 0 radical (unpaired) electrons. The summed E-state index contributed by atoms with van der Waals surface area (Å²) in [4.78, 5) is 4.35. The van der Waals surface area contributed by atoms with Crippen LogP contribution in [0.1, 0.15) is 30.1 Å². The van der Waals surface area contributed by atoms with Crippen LogP contribution < -0.4 is 10.1 Å². The van der Waals surface area contributed by atoms with E-state index >= 15 is 0 Å². The van der Waals surface area contributed by atoms with Gasteiger partial charge in [-0.1, -0.05) is 23.7 Å². The van der Waals surface area contributed by atoms with Crippen molar-refractivity contribution in [2.75, 3.05) is 19.8 Å². The van der Waals surface area contributed by atoms with Gasteiger partial charge in [0.25, 0.3) is 0 Å². The number of hydrogen-bond donors (Lipinski definition) is 2. The highest BCUT2D eigenvalue weighted by Crippen LogP contribution is 2.33. The van der Waals surface area contributed by atoms with Crippen LogP contribution >= 0.6 is 11.6 Å². The van der Waals surface area contributed by atoms with Crippen LogP contribution in [0, 0.1) is 5.92 Å². The van der Waals surface area contributed by atoms with Crippen LogP contribution in [-0.4, -0.2) is 29.8 Å². The van der Waals surface area contributed by atoms with Gasteiger partial charge in [-0.05, 0) is 49.4 Å². The van der Waals surface area contributed by atoms with Crippen molar-refractivity contribution in [3.05, 3.63) is 58.9 Å². The highest BCUT2D eigenvalue weighted by molar-refractivity contribution is 6.30. The van der Waals surface area contributed by atoms with Crippen LogP contribution in [-0.2, 0) is 6.42 Å². The molecule has 0 fully saturated rings. The van der Waals surface area contributed by atoms with Gasteiger partial charge in [-0.15, -0.1) is 0 Å².